The van der Waals surface area contributed by atoms with Gasteiger partial charge in [-0.1, -0.05) is 48.5 Å². The summed E-state index contributed by atoms with van der Waals surface area (Å²) < 4.78 is 0. The smallest absolute Gasteiger partial charge is 0.0716 e. The highest BCUT2D eigenvalue weighted by molar-refractivity contribution is 7.98. The third kappa shape index (κ3) is 2.64. The predicted octanol–water partition coefficient (Wildman–Crippen LogP) is 5.41. The van der Waals surface area contributed by atoms with Crippen molar-refractivity contribution in [2.75, 3.05) is 0 Å². The van der Waals surface area contributed by atoms with Crippen LogP contribution in [-0.2, 0) is 18.6 Å². The fraction of sp³-hybridized carbons (Fsp3) is 0.250. The quantitative estimate of drug-likeness (QED) is 0.600. The molecular formula is C20H19NS. The minimum atomic E-state index is 1.03. The van der Waals surface area contributed by atoms with Gasteiger partial charge in [-0.3, -0.25) is 4.98 Å². The number of benzene rings is 2. The van der Waals surface area contributed by atoms with Crippen molar-refractivity contribution in [2.24, 2.45) is 0 Å². The lowest BCUT2D eigenvalue weighted by atomic mass is 9.94. The maximum absolute atomic E-state index is 4.92. The Kier molecular flexibility index (Phi) is 3.86. The standard InChI is InChI=1S/C20H19NS/c1-2-8-15(9-3-1)14-22-20-16-10-4-6-12-18(16)21-19-13-7-5-11-17(19)20/h1-4,6,8-10,12H,5,7,11,13-14H2. The molecule has 0 aliphatic heterocycles. The summed E-state index contributed by atoms with van der Waals surface area (Å²) in [6, 6.07) is 19.3. The average Bonchev–Trinajstić information content (AvgIpc) is 2.59. The molecule has 0 radical (unpaired) electrons. The normalized spacial score (nSPS) is 14.0. The van der Waals surface area contributed by atoms with Crippen LogP contribution in [0.2, 0.25) is 0 Å². The van der Waals surface area contributed by atoms with Gasteiger partial charge in [-0.05, 0) is 42.9 Å². The zero-order valence-electron chi connectivity index (χ0n) is 12.6. The second-order valence-corrected chi connectivity index (χ2v) is 6.85. The van der Waals surface area contributed by atoms with E-state index in [9.17, 15) is 0 Å². The molecule has 4 rings (SSSR count). The van der Waals surface area contributed by atoms with Crippen LogP contribution in [0.4, 0.5) is 0 Å². The van der Waals surface area contributed by atoms with E-state index in [2.05, 4.69) is 54.6 Å². The molecule has 1 aliphatic carbocycles. The van der Waals surface area contributed by atoms with Gasteiger partial charge in [-0.25, -0.2) is 0 Å². The van der Waals surface area contributed by atoms with Gasteiger partial charge in [-0.2, -0.15) is 0 Å². The van der Waals surface area contributed by atoms with Gasteiger partial charge < -0.3 is 0 Å². The molecule has 0 saturated heterocycles. The molecule has 1 aromatic heterocycles. The van der Waals surface area contributed by atoms with Gasteiger partial charge in [0.25, 0.3) is 0 Å². The second kappa shape index (κ2) is 6.13. The fourth-order valence-corrected chi connectivity index (χ4v) is 4.45. The number of para-hydroxylation sites is 1. The molecule has 0 saturated carbocycles. The summed E-state index contributed by atoms with van der Waals surface area (Å²) in [4.78, 5) is 6.38. The van der Waals surface area contributed by atoms with E-state index in [1.54, 1.807) is 0 Å². The maximum atomic E-state index is 4.92. The molecule has 0 fully saturated rings. The highest BCUT2D eigenvalue weighted by Gasteiger charge is 2.18. The molecule has 0 amide bonds. The predicted molar refractivity (Wildman–Crippen MR) is 94.4 cm³/mol. The third-order valence-corrected chi connectivity index (χ3v) is 5.58. The van der Waals surface area contributed by atoms with E-state index < -0.39 is 0 Å². The number of fused-ring (bicyclic) bond motifs is 2. The molecule has 0 N–H and O–H groups in total. The van der Waals surface area contributed by atoms with Crippen molar-refractivity contribution in [1.29, 1.82) is 0 Å². The molecule has 0 unspecified atom stereocenters. The van der Waals surface area contributed by atoms with Crippen molar-refractivity contribution in [1.82, 2.24) is 4.98 Å². The topological polar surface area (TPSA) is 12.9 Å². The molecule has 1 aliphatic rings. The number of hydrogen-bond acceptors (Lipinski definition) is 2. The lowest BCUT2D eigenvalue weighted by Crippen LogP contribution is -2.07. The summed E-state index contributed by atoms with van der Waals surface area (Å²) in [6.45, 7) is 0. The van der Waals surface area contributed by atoms with E-state index in [1.807, 2.05) is 11.8 Å². The Hall–Kier alpha value is -1.80. The van der Waals surface area contributed by atoms with Crippen LogP contribution >= 0.6 is 11.8 Å². The molecule has 0 bridgehead atoms. The van der Waals surface area contributed by atoms with Gasteiger partial charge in [0.2, 0.25) is 0 Å². The van der Waals surface area contributed by atoms with E-state index in [-0.39, 0.29) is 0 Å². The first-order valence-electron chi connectivity index (χ1n) is 7.99. The Morgan fingerprint density at radius 2 is 1.64 bits per heavy atom. The number of thioether (sulfide) groups is 1. The average molecular weight is 305 g/mol. The summed E-state index contributed by atoms with van der Waals surface area (Å²) in [6.07, 6.45) is 4.90. The molecule has 3 aromatic rings. The Bertz CT molecular complexity index is 795. The first kappa shape index (κ1) is 13.8. The van der Waals surface area contributed by atoms with Gasteiger partial charge in [0, 0.05) is 21.7 Å². The highest BCUT2D eigenvalue weighted by atomic mass is 32.2. The van der Waals surface area contributed by atoms with Gasteiger partial charge in [-0.15, -0.1) is 11.8 Å². The molecule has 2 heteroatoms. The highest BCUT2D eigenvalue weighted by Crippen LogP contribution is 2.37. The molecule has 0 atom stereocenters. The maximum Gasteiger partial charge on any atom is 0.0716 e. The van der Waals surface area contributed by atoms with Gasteiger partial charge in [0.15, 0.2) is 0 Å². The second-order valence-electron chi connectivity index (χ2n) is 5.86. The first-order valence-corrected chi connectivity index (χ1v) is 8.97. The minimum Gasteiger partial charge on any atom is -0.252 e. The van der Waals surface area contributed by atoms with Gasteiger partial charge in [0.1, 0.15) is 0 Å². The van der Waals surface area contributed by atoms with E-state index in [0.29, 0.717) is 0 Å². The number of aryl methyl sites for hydroxylation is 1. The van der Waals surface area contributed by atoms with E-state index in [4.69, 9.17) is 4.98 Å². The van der Waals surface area contributed by atoms with Crippen LogP contribution in [0.15, 0.2) is 59.5 Å². The monoisotopic (exact) mass is 305 g/mol. The largest absolute Gasteiger partial charge is 0.252 e. The Balaban J connectivity index is 1.77. The fourth-order valence-electron chi connectivity index (χ4n) is 3.22. The van der Waals surface area contributed by atoms with Crippen LogP contribution in [0.1, 0.15) is 29.7 Å². The zero-order chi connectivity index (χ0) is 14.8. The summed E-state index contributed by atoms with van der Waals surface area (Å²) in [7, 11) is 0. The van der Waals surface area contributed by atoms with Crippen LogP contribution in [0.3, 0.4) is 0 Å². The summed E-state index contributed by atoms with van der Waals surface area (Å²) in [5.74, 6) is 1.03. The van der Waals surface area contributed by atoms with Crippen LogP contribution in [0, 0.1) is 0 Å². The van der Waals surface area contributed by atoms with Crippen LogP contribution in [-0.4, -0.2) is 4.98 Å². The van der Waals surface area contributed by atoms with Crippen molar-refractivity contribution < 1.29 is 0 Å². The van der Waals surface area contributed by atoms with Crippen molar-refractivity contribution in [2.45, 2.75) is 36.3 Å². The van der Waals surface area contributed by atoms with Crippen molar-refractivity contribution in [3.8, 4) is 0 Å². The van der Waals surface area contributed by atoms with Crippen LogP contribution < -0.4 is 0 Å². The Morgan fingerprint density at radius 1 is 0.864 bits per heavy atom. The summed E-state index contributed by atoms with van der Waals surface area (Å²) in [5, 5.41) is 1.32. The van der Waals surface area contributed by atoms with Gasteiger partial charge >= 0.3 is 0 Å². The number of aromatic nitrogens is 1. The molecule has 110 valence electrons. The molecule has 2 aromatic carbocycles. The van der Waals surface area contributed by atoms with E-state index >= 15 is 0 Å². The molecule has 1 nitrogen and oxygen atoms in total. The minimum absolute atomic E-state index is 1.03. The number of pyridine rings is 1. The van der Waals surface area contributed by atoms with Gasteiger partial charge in [0.05, 0.1) is 5.52 Å². The summed E-state index contributed by atoms with van der Waals surface area (Å²) in [5.41, 5.74) is 5.38. The van der Waals surface area contributed by atoms with Crippen LogP contribution in [0.25, 0.3) is 10.9 Å². The molecule has 1 heterocycles. The van der Waals surface area contributed by atoms with E-state index in [0.717, 1.165) is 17.7 Å². The Labute approximate surface area is 135 Å². The lowest BCUT2D eigenvalue weighted by Gasteiger charge is -2.20. The number of nitrogens with zero attached hydrogens (tertiary/aromatic N) is 1. The summed E-state index contributed by atoms with van der Waals surface area (Å²) >= 11 is 1.98. The Morgan fingerprint density at radius 3 is 2.55 bits per heavy atom. The SMILES string of the molecule is c1ccc(CSc2c3c(nc4ccccc24)CCCC3)cc1. The van der Waals surface area contributed by atoms with Crippen molar-refractivity contribution in [3.05, 3.63) is 71.4 Å². The molecule has 0 spiro atoms. The molecule has 22 heavy (non-hydrogen) atoms. The van der Waals surface area contributed by atoms with Crippen molar-refractivity contribution in [3.63, 3.8) is 0 Å². The molecular weight excluding hydrogens is 286 g/mol. The van der Waals surface area contributed by atoms with E-state index in [1.165, 1.54) is 46.4 Å². The zero-order valence-corrected chi connectivity index (χ0v) is 13.4. The number of hydrogen-bond donors (Lipinski definition) is 0. The number of rotatable bonds is 3. The van der Waals surface area contributed by atoms with Crippen LogP contribution in [0.5, 0.6) is 0 Å². The third-order valence-electron chi connectivity index (χ3n) is 4.34. The first-order chi connectivity index (χ1) is 10.9. The lowest BCUT2D eigenvalue weighted by molar-refractivity contribution is 0.662. The van der Waals surface area contributed by atoms with Crippen molar-refractivity contribution >= 4 is 22.7 Å².